The van der Waals surface area contributed by atoms with E-state index in [2.05, 4.69) is 4.89 Å². The zero-order valence-corrected chi connectivity index (χ0v) is 2.85. The summed E-state index contributed by atoms with van der Waals surface area (Å²) >= 11 is 0. The number of carbonyl (C=O) groups is 1. The van der Waals surface area contributed by atoms with Crippen LogP contribution in [0, 0.1) is 0 Å². The molecular weight excluding hydrogens is 91.0 g/mol. The highest BCUT2D eigenvalue weighted by molar-refractivity contribution is 5.69. The van der Waals surface area contributed by atoms with Gasteiger partial charge in [0.05, 0.1) is 0 Å². The van der Waals surface area contributed by atoms with E-state index in [9.17, 15) is 9.18 Å². The van der Waals surface area contributed by atoms with Crippen LogP contribution in [0.3, 0.4) is 0 Å². The Morgan fingerprint density at radius 3 is 2.50 bits per heavy atom. The third-order valence-corrected chi connectivity index (χ3v) is 0.211. The zero-order valence-electron chi connectivity index (χ0n) is 2.85. The highest BCUT2D eigenvalue weighted by Crippen LogP contribution is 1.69. The molecule has 0 saturated carbocycles. The highest BCUT2D eigenvalue weighted by Gasteiger charge is 1.94. The van der Waals surface area contributed by atoms with Crippen LogP contribution < -0.4 is 0 Å². The molecule has 36 valence electrons. The molecule has 0 fully saturated rings. The van der Waals surface area contributed by atoms with Crippen LogP contribution in [0.25, 0.3) is 0 Å². The van der Waals surface area contributed by atoms with Crippen LogP contribution in [0.4, 0.5) is 4.39 Å². The Balaban J connectivity index is 2.99. The molecule has 0 amide bonds. The van der Waals surface area contributed by atoms with Crippen molar-refractivity contribution in [3.8, 4) is 0 Å². The Morgan fingerprint density at radius 2 is 2.50 bits per heavy atom. The number of hydrogen-bond acceptors (Lipinski definition) is 3. The summed E-state index contributed by atoms with van der Waals surface area (Å²) < 4.78 is 10.8. The average Bonchev–Trinajstić information content (AvgIpc) is 1.65. The summed E-state index contributed by atoms with van der Waals surface area (Å²) in [4.78, 5) is 12.2. The van der Waals surface area contributed by atoms with Crippen molar-refractivity contribution in [3.05, 3.63) is 0 Å². The molecule has 0 rings (SSSR count). The molecule has 0 spiro atoms. The zero-order chi connectivity index (χ0) is 4.99. The highest BCUT2D eigenvalue weighted by atomic mass is 19.1. The largest absolute Gasteiger partial charge is 0.372 e. The van der Waals surface area contributed by atoms with Crippen molar-refractivity contribution < 1.29 is 19.3 Å². The number of rotatable bonds is 1. The van der Waals surface area contributed by atoms with Gasteiger partial charge >= 0.3 is 5.97 Å². The van der Waals surface area contributed by atoms with Gasteiger partial charge in [-0.05, 0) is 0 Å². The van der Waals surface area contributed by atoms with E-state index in [0.717, 1.165) is 0 Å². The van der Waals surface area contributed by atoms with E-state index in [0.29, 0.717) is 0 Å². The maximum absolute atomic E-state index is 10.8. The Morgan fingerprint density at radius 1 is 2.00 bits per heavy atom. The second-order valence-electron chi connectivity index (χ2n) is 0.597. The molecule has 0 aromatic heterocycles. The maximum Gasteiger partial charge on any atom is 0.372 e. The monoisotopic (exact) mass is 94.0 g/mol. The minimum atomic E-state index is -1.28. The van der Waals surface area contributed by atoms with E-state index < -0.39 is 12.6 Å². The summed E-state index contributed by atoms with van der Waals surface area (Å²) in [6, 6.07) is 0. The second kappa shape index (κ2) is 2.59. The lowest BCUT2D eigenvalue weighted by Gasteiger charge is -1.81. The molecule has 0 aliphatic rings. The molecular formula is C2H3FO3. The van der Waals surface area contributed by atoms with E-state index in [1.807, 2.05) is 0 Å². The van der Waals surface area contributed by atoms with Crippen LogP contribution in [-0.4, -0.2) is 17.9 Å². The first-order valence-corrected chi connectivity index (χ1v) is 1.21. The van der Waals surface area contributed by atoms with Crippen LogP contribution in [-0.2, 0) is 9.68 Å². The fourth-order valence-corrected chi connectivity index (χ4v) is 0.0244. The molecule has 0 aliphatic carbocycles. The van der Waals surface area contributed by atoms with Crippen LogP contribution in [0.2, 0.25) is 0 Å². The number of alkyl halides is 1. The van der Waals surface area contributed by atoms with Crippen molar-refractivity contribution in [1.82, 2.24) is 0 Å². The Bertz CT molecular complexity index is 46.8. The molecule has 0 unspecified atom stereocenters. The van der Waals surface area contributed by atoms with Crippen LogP contribution in [0.5, 0.6) is 0 Å². The minimum absolute atomic E-state index is 1.27. The molecule has 3 nitrogen and oxygen atoms in total. The topological polar surface area (TPSA) is 46.5 Å². The smallest absolute Gasteiger partial charge is 0.298 e. The summed E-state index contributed by atoms with van der Waals surface area (Å²) in [6.07, 6.45) is 0. The fraction of sp³-hybridized carbons (Fsp3) is 0.500. The molecule has 0 aromatic rings. The standard InChI is InChI=1S/C2H3FO3/c3-1-2(4)6-5/h5H,1H2. The van der Waals surface area contributed by atoms with Gasteiger partial charge in [0.1, 0.15) is 0 Å². The van der Waals surface area contributed by atoms with Gasteiger partial charge in [0.25, 0.3) is 0 Å². The van der Waals surface area contributed by atoms with Gasteiger partial charge in [0.2, 0.25) is 0 Å². The number of halogens is 1. The van der Waals surface area contributed by atoms with Crippen molar-refractivity contribution in [2.75, 3.05) is 6.67 Å². The van der Waals surface area contributed by atoms with Gasteiger partial charge in [0.15, 0.2) is 6.67 Å². The summed E-state index contributed by atoms with van der Waals surface area (Å²) in [5.41, 5.74) is 0. The van der Waals surface area contributed by atoms with Gasteiger partial charge in [-0.2, -0.15) is 5.26 Å². The van der Waals surface area contributed by atoms with E-state index in [-0.39, 0.29) is 0 Å². The molecule has 4 heteroatoms. The molecule has 0 aromatic carbocycles. The Kier molecular flexibility index (Phi) is 2.31. The number of hydrogen-bond donors (Lipinski definition) is 1. The van der Waals surface area contributed by atoms with Crippen LogP contribution in [0.1, 0.15) is 0 Å². The molecule has 0 heterocycles. The van der Waals surface area contributed by atoms with Crippen molar-refractivity contribution in [3.63, 3.8) is 0 Å². The molecule has 0 bridgehead atoms. The van der Waals surface area contributed by atoms with E-state index in [1.54, 1.807) is 0 Å². The summed E-state index contributed by atoms with van der Waals surface area (Å²) in [6.45, 7) is -1.28. The van der Waals surface area contributed by atoms with Gasteiger partial charge in [-0.3, -0.25) is 4.89 Å². The maximum atomic E-state index is 10.8. The predicted octanol–water partition coefficient (Wildman–Crippen LogP) is -0.0279. The lowest BCUT2D eigenvalue weighted by molar-refractivity contribution is -0.234. The van der Waals surface area contributed by atoms with Crippen LogP contribution in [0.15, 0.2) is 0 Å². The molecule has 0 aliphatic heterocycles. The van der Waals surface area contributed by atoms with Gasteiger partial charge in [0, 0.05) is 0 Å². The summed E-state index contributed by atoms with van der Waals surface area (Å²) in [7, 11) is 0. The Labute approximate surface area is 33.3 Å². The van der Waals surface area contributed by atoms with Crippen molar-refractivity contribution in [2.45, 2.75) is 0 Å². The van der Waals surface area contributed by atoms with Gasteiger partial charge in [-0.25, -0.2) is 9.18 Å². The summed E-state index contributed by atoms with van der Waals surface area (Å²) in [5, 5.41) is 7.25. The van der Waals surface area contributed by atoms with Crippen LogP contribution >= 0.6 is 0 Å². The van der Waals surface area contributed by atoms with Crippen molar-refractivity contribution in [1.29, 1.82) is 0 Å². The normalized spacial score (nSPS) is 7.67. The third-order valence-electron chi connectivity index (χ3n) is 0.211. The SMILES string of the molecule is O=C(CF)OO. The predicted molar refractivity (Wildman–Crippen MR) is 14.7 cm³/mol. The molecule has 0 saturated heterocycles. The van der Waals surface area contributed by atoms with Crippen molar-refractivity contribution >= 4 is 5.97 Å². The molecule has 0 radical (unpaired) electrons. The first-order valence-electron chi connectivity index (χ1n) is 1.21. The Hall–Kier alpha value is -0.640. The lowest BCUT2D eigenvalue weighted by Crippen LogP contribution is -2.00. The van der Waals surface area contributed by atoms with Gasteiger partial charge in [-0.15, -0.1) is 0 Å². The average molecular weight is 94.0 g/mol. The second-order valence-corrected chi connectivity index (χ2v) is 0.597. The minimum Gasteiger partial charge on any atom is -0.298 e. The third kappa shape index (κ3) is 1.66. The van der Waals surface area contributed by atoms with Gasteiger partial charge in [-0.1, -0.05) is 0 Å². The lowest BCUT2D eigenvalue weighted by atomic mass is 10.8. The van der Waals surface area contributed by atoms with Gasteiger partial charge < -0.3 is 0 Å². The van der Waals surface area contributed by atoms with Crippen molar-refractivity contribution in [2.24, 2.45) is 0 Å². The quantitative estimate of drug-likeness (QED) is 0.366. The van der Waals surface area contributed by atoms with E-state index in [1.165, 1.54) is 0 Å². The van der Waals surface area contributed by atoms with E-state index >= 15 is 0 Å². The summed E-state index contributed by atoms with van der Waals surface area (Å²) in [5.74, 6) is -1.27. The molecule has 6 heavy (non-hydrogen) atoms. The number of carbonyl (C=O) groups excluding carboxylic acids is 1. The van der Waals surface area contributed by atoms with E-state index in [4.69, 9.17) is 5.26 Å². The molecule has 1 N–H and O–H groups in total. The molecule has 0 atom stereocenters. The fourth-order valence-electron chi connectivity index (χ4n) is 0.0244. The first-order chi connectivity index (χ1) is 2.81. The first kappa shape index (κ1) is 5.36.